The average molecular weight is 291 g/mol. The minimum atomic E-state index is -0.508. The summed E-state index contributed by atoms with van der Waals surface area (Å²) in [4.78, 5) is 24.5. The third-order valence-corrected chi connectivity index (χ3v) is 2.68. The van der Waals surface area contributed by atoms with Crippen molar-refractivity contribution in [2.24, 2.45) is 5.92 Å². The molecule has 6 nitrogen and oxygen atoms in total. The van der Waals surface area contributed by atoms with E-state index >= 15 is 0 Å². The van der Waals surface area contributed by atoms with Gasteiger partial charge in [-0.05, 0) is 5.92 Å². The van der Waals surface area contributed by atoms with Gasteiger partial charge in [-0.3, -0.25) is 4.79 Å². The summed E-state index contributed by atoms with van der Waals surface area (Å²) >= 11 is 0. The van der Waals surface area contributed by atoms with Crippen LogP contribution in [0.15, 0.2) is 0 Å². The minimum absolute atomic E-state index is 0.0670. The molecule has 6 heteroatoms. The highest BCUT2D eigenvalue weighted by Crippen LogP contribution is 2.12. The fourth-order valence-electron chi connectivity index (χ4n) is 1.59. The van der Waals surface area contributed by atoms with E-state index in [1.54, 1.807) is 21.1 Å². The summed E-state index contributed by atoms with van der Waals surface area (Å²) in [5, 5.41) is 0. The van der Waals surface area contributed by atoms with Gasteiger partial charge in [0, 0.05) is 34.9 Å². The molecular weight excluding hydrogens is 262 g/mol. The molecule has 0 heterocycles. The Bertz CT molecular complexity index is 254. The van der Waals surface area contributed by atoms with E-state index in [0.717, 1.165) is 6.29 Å². The number of methoxy groups -OCH3 is 3. The van der Waals surface area contributed by atoms with Crippen LogP contribution in [0.3, 0.4) is 0 Å². The number of amides is 1. The van der Waals surface area contributed by atoms with E-state index in [-0.39, 0.29) is 18.4 Å². The van der Waals surface area contributed by atoms with E-state index in [0.29, 0.717) is 6.42 Å². The van der Waals surface area contributed by atoms with E-state index in [2.05, 4.69) is 4.74 Å². The molecule has 0 aliphatic heterocycles. The maximum absolute atomic E-state index is 11.8. The van der Waals surface area contributed by atoms with E-state index < -0.39 is 12.3 Å². The first-order valence-corrected chi connectivity index (χ1v) is 6.63. The maximum atomic E-state index is 11.8. The van der Waals surface area contributed by atoms with Crippen molar-refractivity contribution in [3.8, 4) is 0 Å². The molecule has 0 aliphatic carbocycles. The Hall–Kier alpha value is -0.980. The van der Waals surface area contributed by atoms with Crippen molar-refractivity contribution in [2.75, 3.05) is 35.0 Å². The van der Waals surface area contributed by atoms with Gasteiger partial charge in [-0.25, -0.2) is 0 Å². The molecule has 1 unspecified atom stereocenters. The molecule has 0 bridgehead atoms. The van der Waals surface area contributed by atoms with Crippen LogP contribution in [0.1, 0.15) is 27.2 Å². The minimum Gasteiger partial charge on any atom is -0.388 e. The molecule has 120 valence electrons. The summed E-state index contributed by atoms with van der Waals surface area (Å²) in [7, 11) is 6.27. The smallest absolute Gasteiger partial charge is 0.223 e. The topological polar surface area (TPSA) is 65.1 Å². The van der Waals surface area contributed by atoms with Gasteiger partial charge in [-0.1, -0.05) is 20.8 Å². The highest BCUT2D eigenvalue weighted by Gasteiger charge is 2.27. The highest BCUT2D eigenvalue weighted by molar-refractivity contribution is 5.79. The number of hydrogen-bond donors (Lipinski definition) is 0. The number of nitrogens with zero attached hydrogens (tertiary/aromatic N) is 1. The molecule has 20 heavy (non-hydrogen) atoms. The van der Waals surface area contributed by atoms with Crippen molar-refractivity contribution in [1.29, 1.82) is 0 Å². The van der Waals surface area contributed by atoms with Gasteiger partial charge >= 0.3 is 0 Å². The molecule has 0 aromatic carbocycles. The summed E-state index contributed by atoms with van der Waals surface area (Å²) in [5.74, 6) is -0.00716. The average Bonchev–Trinajstić information content (AvgIpc) is 2.43. The molecule has 0 saturated carbocycles. The highest BCUT2D eigenvalue weighted by atomic mass is 16.7. The molecule has 1 amide bonds. The van der Waals surface area contributed by atoms with Crippen molar-refractivity contribution in [3.05, 3.63) is 0 Å². The molecule has 0 aliphatic rings. The van der Waals surface area contributed by atoms with Crippen molar-refractivity contribution < 1.29 is 23.8 Å². The number of aldehydes is 1. The largest absolute Gasteiger partial charge is 0.388 e. The lowest BCUT2D eigenvalue weighted by atomic mass is 10.0. The van der Waals surface area contributed by atoms with Gasteiger partial charge in [0.25, 0.3) is 0 Å². The summed E-state index contributed by atoms with van der Waals surface area (Å²) in [5.41, 5.74) is 0. The zero-order valence-corrected chi connectivity index (χ0v) is 13.7. The van der Waals surface area contributed by atoms with Crippen LogP contribution in [-0.4, -0.2) is 64.4 Å². The molecule has 0 spiro atoms. The Kier molecular flexibility index (Phi) is 13.9. The predicted octanol–water partition coefficient (Wildman–Crippen LogP) is 1.33. The molecule has 0 aromatic heterocycles. The Morgan fingerprint density at radius 3 is 1.85 bits per heavy atom. The number of hydrogen-bond acceptors (Lipinski definition) is 5. The van der Waals surface area contributed by atoms with Crippen molar-refractivity contribution in [2.45, 2.75) is 39.5 Å². The number of rotatable bonds is 8. The van der Waals surface area contributed by atoms with E-state index in [4.69, 9.17) is 9.47 Å². The number of carbonyl (C=O) groups excluding carboxylic acids is 2. The molecular formula is C14H29NO5. The molecule has 0 fully saturated rings. The quantitative estimate of drug-likeness (QED) is 0.498. The second-order valence-electron chi connectivity index (χ2n) is 4.58. The second-order valence-corrected chi connectivity index (χ2v) is 4.58. The lowest BCUT2D eigenvalue weighted by Gasteiger charge is -2.32. The molecule has 0 radical (unpaired) electrons. The number of ether oxygens (including phenoxy) is 3. The second kappa shape index (κ2) is 13.0. The van der Waals surface area contributed by atoms with Crippen LogP contribution in [0.5, 0.6) is 0 Å². The summed E-state index contributed by atoms with van der Waals surface area (Å²) in [6.07, 6.45) is 0.657. The summed E-state index contributed by atoms with van der Waals surface area (Å²) in [6, 6.07) is -0.435. The SMILES string of the molecule is CCC(=O)N(CC(OC)OC)C(C=O)C(C)C.COC. The third-order valence-electron chi connectivity index (χ3n) is 2.68. The van der Waals surface area contributed by atoms with Gasteiger partial charge in [0.15, 0.2) is 6.29 Å². The lowest BCUT2D eigenvalue weighted by Crippen LogP contribution is -2.48. The van der Waals surface area contributed by atoms with Gasteiger partial charge in [0.1, 0.15) is 6.29 Å². The van der Waals surface area contributed by atoms with Gasteiger partial charge < -0.3 is 23.9 Å². The molecule has 0 N–H and O–H groups in total. The van der Waals surface area contributed by atoms with Crippen molar-refractivity contribution in [1.82, 2.24) is 4.90 Å². The van der Waals surface area contributed by atoms with Crippen LogP contribution in [-0.2, 0) is 23.8 Å². The van der Waals surface area contributed by atoms with Crippen LogP contribution in [0.2, 0.25) is 0 Å². The zero-order chi connectivity index (χ0) is 16.1. The normalized spacial score (nSPS) is 11.8. The monoisotopic (exact) mass is 291 g/mol. The Morgan fingerprint density at radius 2 is 1.60 bits per heavy atom. The zero-order valence-electron chi connectivity index (χ0n) is 13.7. The van der Waals surface area contributed by atoms with E-state index in [1.807, 2.05) is 13.8 Å². The standard InChI is InChI=1S/C12H23NO4.C2H6O/c1-6-11(15)13(7-12(16-4)17-5)10(8-14)9(2)3;1-3-2/h8-10,12H,6-7H2,1-5H3;1-2H3. The molecule has 1 atom stereocenters. The van der Waals surface area contributed by atoms with E-state index in [1.165, 1.54) is 19.1 Å². The predicted molar refractivity (Wildman–Crippen MR) is 77.4 cm³/mol. The van der Waals surface area contributed by atoms with Gasteiger partial charge in [0.05, 0.1) is 12.6 Å². The van der Waals surface area contributed by atoms with Crippen LogP contribution in [0.25, 0.3) is 0 Å². The first-order valence-electron chi connectivity index (χ1n) is 6.63. The molecule has 0 rings (SSSR count). The van der Waals surface area contributed by atoms with Crippen LogP contribution in [0, 0.1) is 5.92 Å². The summed E-state index contributed by atoms with van der Waals surface area (Å²) in [6.45, 7) is 5.85. The van der Waals surface area contributed by atoms with Gasteiger partial charge in [0.2, 0.25) is 5.91 Å². The fraction of sp³-hybridized carbons (Fsp3) is 0.857. The number of carbonyl (C=O) groups is 2. The van der Waals surface area contributed by atoms with E-state index in [9.17, 15) is 9.59 Å². The first-order chi connectivity index (χ1) is 9.42. The maximum Gasteiger partial charge on any atom is 0.223 e. The van der Waals surface area contributed by atoms with Gasteiger partial charge in [-0.2, -0.15) is 0 Å². The van der Waals surface area contributed by atoms with Gasteiger partial charge in [-0.15, -0.1) is 0 Å². The molecule has 0 aromatic rings. The molecule has 0 saturated heterocycles. The first kappa shape index (κ1) is 21.3. The van der Waals surface area contributed by atoms with Crippen molar-refractivity contribution >= 4 is 12.2 Å². The summed E-state index contributed by atoms with van der Waals surface area (Å²) < 4.78 is 14.4. The Balaban J connectivity index is 0. The third kappa shape index (κ3) is 8.24. The van der Waals surface area contributed by atoms with Crippen molar-refractivity contribution in [3.63, 3.8) is 0 Å². The Morgan fingerprint density at radius 1 is 1.15 bits per heavy atom. The lowest BCUT2D eigenvalue weighted by molar-refractivity contribution is -0.152. The van der Waals surface area contributed by atoms with Crippen LogP contribution < -0.4 is 0 Å². The Labute approximate surface area is 122 Å². The van der Waals surface area contributed by atoms with Crippen LogP contribution >= 0.6 is 0 Å². The van der Waals surface area contributed by atoms with Crippen LogP contribution in [0.4, 0.5) is 0 Å². The fourth-order valence-corrected chi connectivity index (χ4v) is 1.59.